The molecule has 0 spiro atoms. The van der Waals surface area contributed by atoms with Crippen LogP contribution < -0.4 is 0 Å². The molecule has 0 amide bonds. The molecule has 19 heavy (non-hydrogen) atoms. The lowest BCUT2D eigenvalue weighted by atomic mass is 10.2. The monoisotopic (exact) mass is 279 g/mol. The van der Waals surface area contributed by atoms with Crippen molar-refractivity contribution in [1.29, 1.82) is 0 Å². The van der Waals surface area contributed by atoms with E-state index in [2.05, 4.69) is 53.7 Å². The van der Waals surface area contributed by atoms with E-state index in [1.54, 1.807) is 0 Å². The third kappa shape index (κ3) is 3.10. The minimum Gasteiger partial charge on any atom is -0.326 e. The number of hydrogen-bond acceptors (Lipinski definition) is 2. The van der Waals surface area contributed by atoms with Gasteiger partial charge in [-0.25, -0.2) is 4.98 Å². The summed E-state index contributed by atoms with van der Waals surface area (Å²) in [5, 5.41) is -0.0637. The van der Waals surface area contributed by atoms with Crippen molar-refractivity contribution in [2.24, 2.45) is 0 Å². The molecule has 0 radical (unpaired) electrons. The summed E-state index contributed by atoms with van der Waals surface area (Å²) in [5.74, 6) is 0.977. The normalized spacial score (nSPS) is 13.4. The summed E-state index contributed by atoms with van der Waals surface area (Å²) in [5.41, 5.74) is 3.54. The minimum absolute atomic E-state index is 0.0637. The maximum atomic E-state index is 6.28. The van der Waals surface area contributed by atoms with E-state index in [9.17, 15) is 0 Å². The van der Waals surface area contributed by atoms with Crippen LogP contribution in [-0.2, 0) is 6.54 Å². The van der Waals surface area contributed by atoms with Crippen LogP contribution in [0, 0.1) is 6.92 Å². The molecule has 0 saturated heterocycles. The number of benzene rings is 1. The van der Waals surface area contributed by atoms with Gasteiger partial charge in [0.15, 0.2) is 0 Å². The first-order valence-corrected chi connectivity index (χ1v) is 7.19. The molecule has 0 aliphatic heterocycles. The molecule has 4 heteroatoms. The molecule has 0 N–H and O–H groups in total. The van der Waals surface area contributed by atoms with Crippen molar-refractivity contribution < 1.29 is 0 Å². The van der Waals surface area contributed by atoms with Gasteiger partial charge in [0.05, 0.1) is 16.4 Å². The third-order valence-corrected chi connectivity index (χ3v) is 3.54. The second-order valence-electron chi connectivity index (χ2n) is 5.34. The summed E-state index contributed by atoms with van der Waals surface area (Å²) in [6.45, 7) is 6.16. The first-order chi connectivity index (χ1) is 9.00. The van der Waals surface area contributed by atoms with Gasteiger partial charge in [-0.2, -0.15) is 0 Å². The number of imidazole rings is 1. The smallest absolute Gasteiger partial charge is 0.127 e. The molecule has 1 unspecified atom stereocenters. The Morgan fingerprint density at radius 2 is 2.11 bits per heavy atom. The number of rotatable bonds is 5. The second kappa shape index (κ2) is 5.93. The van der Waals surface area contributed by atoms with Gasteiger partial charge in [0.1, 0.15) is 5.82 Å². The molecule has 0 aliphatic carbocycles. The molecule has 0 saturated carbocycles. The molecule has 0 bridgehead atoms. The highest BCUT2D eigenvalue weighted by Gasteiger charge is 2.15. The van der Waals surface area contributed by atoms with E-state index in [1.807, 2.05) is 6.92 Å². The summed E-state index contributed by atoms with van der Waals surface area (Å²) in [6, 6.07) is 6.25. The van der Waals surface area contributed by atoms with Crippen LogP contribution in [0.3, 0.4) is 0 Å². The third-order valence-electron chi connectivity index (χ3n) is 3.34. The molecule has 104 valence electrons. The summed E-state index contributed by atoms with van der Waals surface area (Å²) < 4.78 is 2.28. The summed E-state index contributed by atoms with van der Waals surface area (Å²) in [7, 11) is 4.20. The topological polar surface area (TPSA) is 21.1 Å². The van der Waals surface area contributed by atoms with Gasteiger partial charge >= 0.3 is 0 Å². The quantitative estimate of drug-likeness (QED) is 0.780. The number of fused-ring (bicyclic) bond motifs is 1. The zero-order valence-corrected chi connectivity index (χ0v) is 12.9. The van der Waals surface area contributed by atoms with Gasteiger partial charge in [-0.3, -0.25) is 0 Å². The van der Waals surface area contributed by atoms with Gasteiger partial charge in [0.2, 0.25) is 0 Å². The molecule has 2 rings (SSSR count). The lowest BCUT2D eigenvalue weighted by molar-refractivity contribution is 0.386. The highest BCUT2D eigenvalue weighted by molar-refractivity contribution is 6.20. The number of alkyl halides is 1. The Morgan fingerprint density at radius 3 is 2.74 bits per heavy atom. The standard InChI is InChI=1S/C15H22ClN3/c1-11-7-5-8-13-14(11)19(10-6-9-18(3)4)15(17-13)12(2)16/h5,7-8,12H,6,9-10H2,1-4H3. The fourth-order valence-electron chi connectivity index (χ4n) is 2.46. The first kappa shape index (κ1) is 14.4. The van der Waals surface area contributed by atoms with Gasteiger partial charge in [0.25, 0.3) is 0 Å². The average Bonchev–Trinajstić information content (AvgIpc) is 2.69. The van der Waals surface area contributed by atoms with Gasteiger partial charge in [-0.15, -0.1) is 11.6 Å². The van der Waals surface area contributed by atoms with Crippen molar-refractivity contribution in [2.75, 3.05) is 20.6 Å². The molecule has 0 aliphatic rings. The summed E-state index contributed by atoms with van der Waals surface area (Å²) in [6.07, 6.45) is 1.10. The first-order valence-electron chi connectivity index (χ1n) is 6.75. The highest BCUT2D eigenvalue weighted by Crippen LogP contribution is 2.26. The molecule has 1 aromatic carbocycles. The number of nitrogens with zero attached hydrogens (tertiary/aromatic N) is 3. The van der Waals surface area contributed by atoms with E-state index in [0.29, 0.717) is 0 Å². The zero-order valence-electron chi connectivity index (χ0n) is 12.2. The average molecular weight is 280 g/mol. The van der Waals surface area contributed by atoms with Crippen LogP contribution in [0.15, 0.2) is 18.2 Å². The van der Waals surface area contributed by atoms with Crippen LogP contribution in [0.1, 0.15) is 30.1 Å². The zero-order chi connectivity index (χ0) is 14.0. The number of halogens is 1. The van der Waals surface area contributed by atoms with E-state index < -0.39 is 0 Å². The van der Waals surface area contributed by atoms with Crippen LogP contribution >= 0.6 is 11.6 Å². The number of hydrogen-bond donors (Lipinski definition) is 0. The largest absolute Gasteiger partial charge is 0.326 e. The Balaban J connectivity index is 2.40. The predicted octanol–water partition coefficient (Wildman–Crippen LogP) is 3.60. The van der Waals surface area contributed by atoms with E-state index in [1.165, 1.54) is 11.1 Å². The van der Waals surface area contributed by atoms with Crippen molar-refractivity contribution in [2.45, 2.75) is 32.2 Å². The highest BCUT2D eigenvalue weighted by atomic mass is 35.5. The Kier molecular flexibility index (Phi) is 4.48. The Labute approximate surface area is 120 Å². The Bertz CT molecular complexity index is 558. The maximum absolute atomic E-state index is 6.28. The fourth-order valence-corrected chi connectivity index (χ4v) is 2.62. The van der Waals surface area contributed by atoms with E-state index in [4.69, 9.17) is 11.6 Å². The van der Waals surface area contributed by atoms with E-state index >= 15 is 0 Å². The van der Waals surface area contributed by atoms with Crippen LogP contribution in [-0.4, -0.2) is 35.1 Å². The van der Waals surface area contributed by atoms with Crippen molar-refractivity contribution in [1.82, 2.24) is 14.5 Å². The number of aryl methyl sites for hydroxylation is 2. The van der Waals surface area contributed by atoms with Gasteiger partial charge in [-0.05, 0) is 52.5 Å². The molecule has 2 aromatic rings. The molecular weight excluding hydrogens is 258 g/mol. The summed E-state index contributed by atoms with van der Waals surface area (Å²) >= 11 is 6.28. The molecule has 1 atom stereocenters. The molecular formula is C15H22ClN3. The van der Waals surface area contributed by atoms with Crippen molar-refractivity contribution >= 4 is 22.6 Å². The molecule has 1 heterocycles. The lowest BCUT2D eigenvalue weighted by Crippen LogP contribution is -2.16. The van der Waals surface area contributed by atoms with Gasteiger partial charge < -0.3 is 9.47 Å². The lowest BCUT2D eigenvalue weighted by Gasteiger charge is -2.14. The van der Waals surface area contributed by atoms with E-state index in [0.717, 1.165) is 30.9 Å². The number of aromatic nitrogens is 2. The van der Waals surface area contributed by atoms with Gasteiger partial charge in [-0.1, -0.05) is 12.1 Å². The molecule has 3 nitrogen and oxygen atoms in total. The van der Waals surface area contributed by atoms with Gasteiger partial charge in [0, 0.05) is 6.54 Å². The van der Waals surface area contributed by atoms with Crippen molar-refractivity contribution in [3.63, 3.8) is 0 Å². The number of para-hydroxylation sites is 1. The van der Waals surface area contributed by atoms with Crippen LogP contribution in [0.25, 0.3) is 11.0 Å². The Morgan fingerprint density at radius 1 is 1.37 bits per heavy atom. The van der Waals surface area contributed by atoms with Crippen molar-refractivity contribution in [3.05, 3.63) is 29.6 Å². The Hall–Kier alpha value is -1.06. The van der Waals surface area contributed by atoms with Crippen molar-refractivity contribution in [3.8, 4) is 0 Å². The minimum atomic E-state index is -0.0637. The predicted molar refractivity (Wildman–Crippen MR) is 81.9 cm³/mol. The van der Waals surface area contributed by atoms with E-state index in [-0.39, 0.29) is 5.38 Å². The maximum Gasteiger partial charge on any atom is 0.127 e. The SMILES string of the molecule is Cc1cccc2nc(C(C)Cl)n(CCCN(C)C)c12. The van der Waals surface area contributed by atoms with Crippen LogP contribution in [0.5, 0.6) is 0 Å². The van der Waals surface area contributed by atoms with Crippen LogP contribution in [0.4, 0.5) is 0 Å². The summed E-state index contributed by atoms with van der Waals surface area (Å²) in [4.78, 5) is 6.89. The van der Waals surface area contributed by atoms with Crippen LogP contribution in [0.2, 0.25) is 0 Å². The fraction of sp³-hybridized carbons (Fsp3) is 0.533. The molecule has 0 fully saturated rings. The molecule has 1 aromatic heterocycles. The second-order valence-corrected chi connectivity index (χ2v) is 5.99.